The summed E-state index contributed by atoms with van der Waals surface area (Å²) in [6, 6.07) is 4.41. The standard InChI is InChI=1S/C14H16FNO/c15-13-7-6-12(5-2-8-16)14(9-13)17-10-11-3-1-4-11/h6-7,9,11H,1,3-4,8,10,16H2. The number of hydrogen-bond acceptors (Lipinski definition) is 2. The molecule has 2 nitrogen and oxygen atoms in total. The van der Waals surface area contributed by atoms with Gasteiger partial charge in [-0.2, -0.15) is 0 Å². The molecule has 0 aromatic heterocycles. The Morgan fingerprint density at radius 1 is 1.41 bits per heavy atom. The van der Waals surface area contributed by atoms with Crippen LogP contribution in [0, 0.1) is 23.6 Å². The molecular weight excluding hydrogens is 217 g/mol. The van der Waals surface area contributed by atoms with E-state index in [9.17, 15) is 4.39 Å². The average molecular weight is 233 g/mol. The van der Waals surface area contributed by atoms with E-state index in [1.54, 1.807) is 6.07 Å². The highest BCUT2D eigenvalue weighted by Gasteiger charge is 2.18. The lowest BCUT2D eigenvalue weighted by Gasteiger charge is -2.25. The van der Waals surface area contributed by atoms with Crippen molar-refractivity contribution >= 4 is 0 Å². The molecule has 90 valence electrons. The van der Waals surface area contributed by atoms with Crippen LogP contribution in [-0.2, 0) is 0 Å². The number of nitrogens with two attached hydrogens (primary N) is 1. The van der Waals surface area contributed by atoms with Crippen LogP contribution in [0.1, 0.15) is 24.8 Å². The van der Waals surface area contributed by atoms with Crippen molar-refractivity contribution < 1.29 is 9.13 Å². The van der Waals surface area contributed by atoms with Crippen LogP contribution in [0.5, 0.6) is 5.75 Å². The molecule has 2 N–H and O–H groups in total. The largest absolute Gasteiger partial charge is 0.492 e. The highest BCUT2D eigenvalue weighted by molar-refractivity contribution is 5.46. The van der Waals surface area contributed by atoms with Gasteiger partial charge in [-0.05, 0) is 30.9 Å². The van der Waals surface area contributed by atoms with Gasteiger partial charge >= 0.3 is 0 Å². The van der Waals surface area contributed by atoms with E-state index >= 15 is 0 Å². The summed E-state index contributed by atoms with van der Waals surface area (Å²) in [5.74, 6) is 6.49. The number of hydrogen-bond donors (Lipinski definition) is 1. The average Bonchev–Trinajstić information content (AvgIpc) is 2.26. The molecule has 1 aliphatic rings. The molecule has 3 heteroatoms. The van der Waals surface area contributed by atoms with Crippen molar-refractivity contribution in [1.29, 1.82) is 0 Å². The van der Waals surface area contributed by atoms with E-state index in [-0.39, 0.29) is 5.82 Å². The van der Waals surface area contributed by atoms with Gasteiger partial charge in [-0.3, -0.25) is 0 Å². The summed E-state index contributed by atoms with van der Waals surface area (Å²) < 4.78 is 18.8. The molecule has 0 saturated heterocycles. The third-order valence-electron chi connectivity index (χ3n) is 2.97. The number of benzene rings is 1. The molecule has 1 aromatic carbocycles. The Hall–Kier alpha value is -1.53. The summed E-state index contributed by atoms with van der Waals surface area (Å²) >= 11 is 0. The Kier molecular flexibility index (Phi) is 4.00. The van der Waals surface area contributed by atoms with Crippen LogP contribution in [-0.4, -0.2) is 13.2 Å². The van der Waals surface area contributed by atoms with E-state index in [2.05, 4.69) is 11.8 Å². The van der Waals surface area contributed by atoms with Crippen LogP contribution >= 0.6 is 0 Å². The normalized spacial score (nSPS) is 14.7. The fourth-order valence-corrected chi connectivity index (χ4v) is 1.73. The summed E-state index contributed by atoms with van der Waals surface area (Å²) in [5.41, 5.74) is 6.03. The van der Waals surface area contributed by atoms with Gasteiger partial charge in [0.1, 0.15) is 11.6 Å². The van der Waals surface area contributed by atoms with Crippen molar-refractivity contribution in [2.24, 2.45) is 11.7 Å². The predicted molar refractivity (Wildman–Crippen MR) is 65.2 cm³/mol. The lowest BCUT2D eigenvalue weighted by molar-refractivity contribution is 0.180. The maximum atomic E-state index is 13.1. The summed E-state index contributed by atoms with van der Waals surface area (Å²) in [6.45, 7) is 0.945. The van der Waals surface area contributed by atoms with Gasteiger partial charge in [-0.25, -0.2) is 4.39 Å². The minimum Gasteiger partial charge on any atom is -0.492 e. The van der Waals surface area contributed by atoms with Gasteiger partial charge in [-0.15, -0.1) is 0 Å². The van der Waals surface area contributed by atoms with E-state index < -0.39 is 0 Å². The van der Waals surface area contributed by atoms with Crippen molar-refractivity contribution in [3.05, 3.63) is 29.6 Å². The van der Waals surface area contributed by atoms with Crippen LogP contribution in [0.25, 0.3) is 0 Å². The van der Waals surface area contributed by atoms with Crippen molar-refractivity contribution in [1.82, 2.24) is 0 Å². The van der Waals surface area contributed by atoms with E-state index in [4.69, 9.17) is 10.5 Å². The first-order valence-electron chi connectivity index (χ1n) is 5.91. The second kappa shape index (κ2) is 5.70. The lowest BCUT2D eigenvalue weighted by atomic mass is 9.86. The first kappa shape index (κ1) is 11.9. The fraction of sp³-hybridized carbons (Fsp3) is 0.429. The summed E-state index contributed by atoms with van der Waals surface area (Å²) in [6.07, 6.45) is 3.69. The number of rotatable bonds is 3. The Morgan fingerprint density at radius 3 is 2.88 bits per heavy atom. The topological polar surface area (TPSA) is 35.2 Å². The zero-order valence-electron chi connectivity index (χ0n) is 9.71. The molecular formula is C14H16FNO. The van der Waals surface area contributed by atoms with Crippen LogP contribution in [0.15, 0.2) is 18.2 Å². The zero-order valence-corrected chi connectivity index (χ0v) is 9.71. The summed E-state index contributed by atoms with van der Waals surface area (Å²) in [4.78, 5) is 0. The van der Waals surface area contributed by atoms with Crippen molar-refractivity contribution in [2.75, 3.05) is 13.2 Å². The molecule has 1 saturated carbocycles. The van der Waals surface area contributed by atoms with Gasteiger partial charge in [0.05, 0.1) is 18.7 Å². The Balaban J connectivity index is 2.08. The Bertz CT molecular complexity index is 443. The van der Waals surface area contributed by atoms with Gasteiger partial charge in [0.2, 0.25) is 0 Å². The van der Waals surface area contributed by atoms with Crippen LogP contribution in [0.4, 0.5) is 4.39 Å². The molecule has 0 spiro atoms. The van der Waals surface area contributed by atoms with E-state index in [0.717, 1.165) is 0 Å². The molecule has 0 heterocycles. The Labute approximate surface area is 101 Å². The van der Waals surface area contributed by atoms with Crippen molar-refractivity contribution in [2.45, 2.75) is 19.3 Å². The first-order valence-corrected chi connectivity index (χ1v) is 5.91. The summed E-state index contributed by atoms with van der Waals surface area (Å²) in [7, 11) is 0. The second-order valence-electron chi connectivity index (χ2n) is 4.25. The van der Waals surface area contributed by atoms with Gasteiger partial charge in [0, 0.05) is 6.07 Å². The quantitative estimate of drug-likeness (QED) is 0.813. The predicted octanol–water partition coefficient (Wildman–Crippen LogP) is 2.31. The molecule has 0 aliphatic heterocycles. The Morgan fingerprint density at radius 2 is 2.24 bits per heavy atom. The molecule has 17 heavy (non-hydrogen) atoms. The maximum absolute atomic E-state index is 13.1. The van der Waals surface area contributed by atoms with Crippen LogP contribution < -0.4 is 10.5 Å². The number of ether oxygens (including phenoxy) is 1. The van der Waals surface area contributed by atoms with E-state index in [0.29, 0.717) is 30.4 Å². The molecule has 0 atom stereocenters. The molecule has 1 fully saturated rings. The third-order valence-corrected chi connectivity index (χ3v) is 2.97. The van der Waals surface area contributed by atoms with Gasteiger partial charge in [0.15, 0.2) is 0 Å². The zero-order chi connectivity index (χ0) is 12.1. The minimum absolute atomic E-state index is 0.291. The van der Waals surface area contributed by atoms with Gasteiger partial charge in [-0.1, -0.05) is 18.3 Å². The monoisotopic (exact) mass is 233 g/mol. The van der Waals surface area contributed by atoms with Crippen LogP contribution in [0.3, 0.4) is 0 Å². The second-order valence-corrected chi connectivity index (χ2v) is 4.25. The minimum atomic E-state index is -0.299. The smallest absolute Gasteiger partial charge is 0.137 e. The molecule has 1 aromatic rings. The van der Waals surface area contributed by atoms with E-state index in [1.165, 1.54) is 31.4 Å². The molecule has 2 rings (SSSR count). The van der Waals surface area contributed by atoms with Crippen LogP contribution in [0.2, 0.25) is 0 Å². The highest BCUT2D eigenvalue weighted by atomic mass is 19.1. The van der Waals surface area contributed by atoms with E-state index in [1.807, 2.05) is 0 Å². The SMILES string of the molecule is NCC#Cc1ccc(F)cc1OCC1CCC1. The van der Waals surface area contributed by atoms with Crippen molar-refractivity contribution in [3.63, 3.8) is 0 Å². The highest BCUT2D eigenvalue weighted by Crippen LogP contribution is 2.28. The molecule has 0 amide bonds. The maximum Gasteiger partial charge on any atom is 0.137 e. The molecule has 1 aliphatic carbocycles. The first-order chi connectivity index (χ1) is 8.29. The molecule has 0 radical (unpaired) electrons. The number of halogens is 1. The lowest BCUT2D eigenvalue weighted by Crippen LogP contribution is -2.19. The van der Waals surface area contributed by atoms with Gasteiger partial charge < -0.3 is 10.5 Å². The molecule has 0 bridgehead atoms. The van der Waals surface area contributed by atoms with Gasteiger partial charge in [0.25, 0.3) is 0 Å². The fourth-order valence-electron chi connectivity index (χ4n) is 1.73. The molecule has 0 unspecified atom stereocenters. The third kappa shape index (κ3) is 3.21. The van der Waals surface area contributed by atoms with Crippen molar-refractivity contribution in [3.8, 4) is 17.6 Å². The summed E-state index contributed by atoms with van der Waals surface area (Å²) in [5, 5.41) is 0.